The van der Waals surface area contributed by atoms with Crippen LogP contribution < -0.4 is 0 Å². The molecule has 0 saturated carbocycles. The Morgan fingerprint density at radius 3 is 2.72 bits per heavy atom. The molecule has 0 aromatic rings. The standard InChI is InChI=1S/C19H24O6/c1-10(2)11-4-5-13-17(22)16(24-18(13)23)9-19(3)8-14(21)15(25-19)7-12(20)6-11/h5,11,15-17,22H,1,4,6-9H2,2-3H3/t11-,15+,16+,17-,19+/m1/s1. The maximum atomic E-state index is 12.4. The zero-order chi connectivity index (χ0) is 18.4. The van der Waals surface area contributed by atoms with E-state index in [1.165, 1.54) is 0 Å². The summed E-state index contributed by atoms with van der Waals surface area (Å²) in [6.07, 6.45) is 0.187. The molecule has 0 radical (unpaired) electrons. The molecule has 1 N–H and O–H groups in total. The van der Waals surface area contributed by atoms with Crippen molar-refractivity contribution in [2.45, 2.75) is 69.9 Å². The molecule has 6 nitrogen and oxygen atoms in total. The van der Waals surface area contributed by atoms with E-state index >= 15 is 0 Å². The number of ether oxygens (including phenoxy) is 2. The number of allylic oxidation sites excluding steroid dienone is 2. The predicted molar refractivity (Wildman–Crippen MR) is 88.7 cm³/mol. The average Bonchev–Trinajstić information content (AvgIpc) is 2.91. The lowest BCUT2D eigenvalue weighted by atomic mass is 9.87. The fraction of sp³-hybridized carbons (Fsp3) is 0.632. The van der Waals surface area contributed by atoms with Crippen LogP contribution in [0.25, 0.3) is 0 Å². The van der Waals surface area contributed by atoms with E-state index in [0.29, 0.717) is 6.42 Å². The number of aliphatic hydroxyl groups is 1. The van der Waals surface area contributed by atoms with Crippen molar-refractivity contribution < 1.29 is 29.0 Å². The summed E-state index contributed by atoms with van der Waals surface area (Å²) in [6, 6.07) is 0. The van der Waals surface area contributed by atoms with Gasteiger partial charge in [-0.25, -0.2) is 4.79 Å². The Balaban J connectivity index is 1.94. The van der Waals surface area contributed by atoms with Gasteiger partial charge < -0.3 is 14.6 Å². The van der Waals surface area contributed by atoms with Gasteiger partial charge in [0.1, 0.15) is 24.1 Å². The minimum absolute atomic E-state index is 0.0541. The predicted octanol–water partition coefficient (Wildman–Crippen LogP) is 1.65. The summed E-state index contributed by atoms with van der Waals surface area (Å²) in [6.45, 7) is 7.50. The molecule has 2 fully saturated rings. The van der Waals surface area contributed by atoms with Crippen LogP contribution in [0, 0.1) is 5.92 Å². The van der Waals surface area contributed by atoms with Crippen LogP contribution in [0.4, 0.5) is 0 Å². The highest BCUT2D eigenvalue weighted by molar-refractivity contribution is 5.93. The minimum Gasteiger partial charge on any atom is -0.456 e. The zero-order valence-electron chi connectivity index (χ0n) is 14.6. The first-order chi connectivity index (χ1) is 11.7. The summed E-state index contributed by atoms with van der Waals surface area (Å²) >= 11 is 0. The maximum Gasteiger partial charge on any atom is 0.336 e. The lowest BCUT2D eigenvalue weighted by molar-refractivity contribution is -0.144. The summed E-state index contributed by atoms with van der Waals surface area (Å²) in [5.41, 5.74) is 0.194. The van der Waals surface area contributed by atoms with Gasteiger partial charge in [0.05, 0.1) is 11.2 Å². The van der Waals surface area contributed by atoms with Crippen LogP contribution >= 0.6 is 0 Å². The van der Waals surface area contributed by atoms with E-state index in [9.17, 15) is 19.5 Å². The Hall–Kier alpha value is -1.79. The van der Waals surface area contributed by atoms with Crippen molar-refractivity contribution in [1.82, 2.24) is 0 Å². The van der Waals surface area contributed by atoms with E-state index in [0.717, 1.165) is 5.57 Å². The van der Waals surface area contributed by atoms with E-state index in [1.54, 1.807) is 13.0 Å². The third-order valence-electron chi connectivity index (χ3n) is 5.34. The van der Waals surface area contributed by atoms with Crippen molar-refractivity contribution in [3.63, 3.8) is 0 Å². The van der Waals surface area contributed by atoms with Gasteiger partial charge in [-0.3, -0.25) is 9.59 Å². The van der Waals surface area contributed by atoms with Crippen molar-refractivity contribution in [2.24, 2.45) is 5.92 Å². The van der Waals surface area contributed by atoms with E-state index in [-0.39, 0.29) is 48.7 Å². The number of hydrogen-bond acceptors (Lipinski definition) is 6. The van der Waals surface area contributed by atoms with Gasteiger partial charge in [-0.15, -0.1) is 0 Å². The maximum absolute atomic E-state index is 12.4. The molecule has 2 saturated heterocycles. The fourth-order valence-electron chi connectivity index (χ4n) is 3.88. The average molecular weight is 348 g/mol. The van der Waals surface area contributed by atoms with Crippen LogP contribution in [0.5, 0.6) is 0 Å². The van der Waals surface area contributed by atoms with Crippen molar-refractivity contribution in [2.75, 3.05) is 0 Å². The first-order valence-corrected chi connectivity index (χ1v) is 8.65. The van der Waals surface area contributed by atoms with Gasteiger partial charge in [0, 0.05) is 25.7 Å². The van der Waals surface area contributed by atoms with Crippen molar-refractivity contribution >= 4 is 17.5 Å². The summed E-state index contributed by atoms with van der Waals surface area (Å²) in [5, 5.41) is 10.5. The molecule has 136 valence electrons. The Morgan fingerprint density at radius 1 is 1.32 bits per heavy atom. The number of aliphatic hydroxyl groups excluding tert-OH is 1. The quantitative estimate of drug-likeness (QED) is 0.572. The van der Waals surface area contributed by atoms with E-state index in [4.69, 9.17) is 9.47 Å². The van der Waals surface area contributed by atoms with Crippen LogP contribution in [-0.4, -0.2) is 46.6 Å². The number of carbonyl (C=O) groups is 3. The molecule has 0 aromatic carbocycles. The minimum atomic E-state index is -1.05. The second-order valence-electron chi connectivity index (χ2n) is 7.68. The molecule has 3 aliphatic heterocycles. The monoisotopic (exact) mass is 348 g/mol. The summed E-state index contributed by atoms with van der Waals surface area (Å²) in [5.74, 6) is -0.871. The highest BCUT2D eigenvalue weighted by atomic mass is 16.6. The van der Waals surface area contributed by atoms with Gasteiger partial charge in [-0.2, -0.15) is 0 Å². The molecule has 25 heavy (non-hydrogen) atoms. The first-order valence-electron chi connectivity index (χ1n) is 8.65. The number of hydrogen-bond donors (Lipinski definition) is 1. The van der Waals surface area contributed by atoms with Crippen LogP contribution in [0.2, 0.25) is 0 Å². The van der Waals surface area contributed by atoms with Crippen LogP contribution in [0.3, 0.4) is 0 Å². The number of carbonyl (C=O) groups excluding carboxylic acids is 3. The smallest absolute Gasteiger partial charge is 0.336 e. The van der Waals surface area contributed by atoms with Gasteiger partial charge >= 0.3 is 5.97 Å². The normalized spacial score (nSPS) is 39.2. The van der Waals surface area contributed by atoms with E-state index in [1.807, 2.05) is 6.92 Å². The van der Waals surface area contributed by atoms with Gasteiger partial charge in [0.25, 0.3) is 0 Å². The second kappa shape index (κ2) is 6.50. The van der Waals surface area contributed by atoms with Crippen molar-refractivity contribution in [3.8, 4) is 0 Å². The molecule has 0 aliphatic carbocycles. The van der Waals surface area contributed by atoms with Crippen molar-refractivity contribution in [1.29, 1.82) is 0 Å². The Bertz CT molecular complexity index is 663. The molecule has 3 rings (SSSR count). The molecule has 0 spiro atoms. The molecule has 3 heterocycles. The molecule has 0 unspecified atom stereocenters. The third kappa shape index (κ3) is 3.60. The largest absolute Gasteiger partial charge is 0.456 e. The van der Waals surface area contributed by atoms with Crippen LogP contribution in [0.15, 0.2) is 23.8 Å². The van der Waals surface area contributed by atoms with E-state index < -0.39 is 29.9 Å². The van der Waals surface area contributed by atoms with Gasteiger partial charge in [-0.1, -0.05) is 18.2 Å². The molecular weight excluding hydrogens is 324 g/mol. The number of fused-ring (bicyclic) bond motifs is 4. The number of rotatable bonds is 1. The number of Topliss-reactive ketones (excluding diaryl/α,β-unsaturated/α-hetero) is 2. The highest BCUT2D eigenvalue weighted by Gasteiger charge is 2.49. The molecule has 6 heteroatoms. The second-order valence-corrected chi connectivity index (χ2v) is 7.68. The molecule has 0 aromatic heterocycles. The lowest BCUT2D eigenvalue weighted by Crippen LogP contribution is -2.35. The molecule has 3 aliphatic rings. The zero-order valence-corrected chi connectivity index (χ0v) is 14.6. The Labute approximate surface area is 146 Å². The summed E-state index contributed by atoms with van der Waals surface area (Å²) in [4.78, 5) is 36.8. The van der Waals surface area contributed by atoms with Crippen LogP contribution in [-0.2, 0) is 23.9 Å². The van der Waals surface area contributed by atoms with Gasteiger partial charge in [0.15, 0.2) is 5.78 Å². The Morgan fingerprint density at radius 2 is 2.04 bits per heavy atom. The number of ketones is 2. The van der Waals surface area contributed by atoms with Crippen LogP contribution in [0.1, 0.15) is 46.0 Å². The summed E-state index contributed by atoms with van der Waals surface area (Å²) < 4.78 is 11.2. The molecule has 5 atom stereocenters. The third-order valence-corrected chi connectivity index (χ3v) is 5.34. The SMILES string of the molecule is C=C(C)[C@@H]1CC=C2C(=O)O[C@@H](C[C@]3(C)CC(=O)[C@H](CC(=O)C1)O3)[C@@H]2O. The summed E-state index contributed by atoms with van der Waals surface area (Å²) in [7, 11) is 0. The number of esters is 1. The molecule has 0 amide bonds. The van der Waals surface area contributed by atoms with Gasteiger partial charge in [-0.05, 0) is 26.2 Å². The fourth-order valence-corrected chi connectivity index (χ4v) is 3.88. The first kappa shape index (κ1) is 18.0. The Kier molecular flexibility index (Phi) is 4.68. The van der Waals surface area contributed by atoms with E-state index in [2.05, 4.69) is 6.58 Å². The topological polar surface area (TPSA) is 89.9 Å². The molecular formula is C19H24O6. The molecule has 4 bridgehead atoms. The lowest BCUT2D eigenvalue weighted by Gasteiger charge is -2.27. The van der Waals surface area contributed by atoms with Crippen molar-refractivity contribution in [3.05, 3.63) is 23.8 Å². The highest BCUT2D eigenvalue weighted by Crippen LogP contribution is 2.38. The van der Waals surface area contributed by atoms with Gasteiger partial charge in [0.2, 0.25) is 0 Å².